The van der Waals surface area contributed by atoms with Crippen molar-refractivity contribution in [2.45, 2.75) is 12.8 Å². The monoisotopic (exact) mass is 240 g/mol. The number of carbonyl (C=O) groups is 1. The average molecular weight is 241 g/mol. The number of carbonyl (C=O) groups excluding carboxylic acids is 1. The molecule has 0 amide bonds. The van der Waals surface area contributed by atoms with E-state index < -0.39 is 11.4 Å². The van der Waals surface area contributed by atoms with Gasteiger partial charge in [-0.15, -0.1) is 0 Å². The second kappa shape index (κ2) is 3.59. The van der Waals surface area contributed by atoms with Crippen LogP contribution in [0.25, 0.3) is 0 Å². The zero-order valence-electron chi connectivity index (χ0n) is 6.58. The smallest absolute Gasteiger partial charge is 0.331 e. The number of hydrogen-bond acceptors (Lipinski definition) is 4. The first-order valence-electron chi connectivity index (χ1n) is 3.53. The molecule has 0 N–H and O–H groups in total. The van der Waals surface area contributed by atoms with Crippen molar-refractivity contribution >= 4 is 21.9 Å². The van der Waals surface area contributed by atoms with Crippen molar-refractivity contribution in [2.24, 2.45) is 5.41 Å². The summed E-state index contributed by atoms with van der Waals surface area (Å²) in [7, 11) is 0. The Morgan fingerprint density at radius 3 is 2.54 bits per heavy atom. The summed E-state index contributed by atoms with van der Waals surface area (Å²) in [5.74, 6) is -0.581. The molecule has 1 rings (SSSR count). The second-order valence-corrected chi connectivity index (χ2v) is 3.53. The Kier molecular flexibility index (Phi) is 2.69. The third-order valence-corrected chi connectivity index (χ3v) is 2.10. The molecule has 0 radical (unpaired) electrons. The first kappa shape index (κ1) is 9.76. The van der Waals surface area contributed by atoms with Crippen molar-refractivity contribution in [3.8, 4) is 12.1 Å². The summed E-state index contributed by atoms with van der Waals surface area (Å²) in [5.41, 5.74) is -0.945. The molecule has 66 valence electrons. The molecule has 0 heterocycles. The zero-order chi connectivity index (χ0) is 9.90. The van der Waals surface area contributed by atoms with Crippen LogP contribution in [0.3, 0.4) is 0 Å². The van der Waals surface area contributed by atoms with E-state index in [0.717, 1.165) is 6.26 Å². The Morgan fingerprint density at radius 1 is 1.54 bits per heavy atom. The molecule has 5 heteroatoms. The maximum atomic E-state index is 11.2. The molecule has 0 aromatic rings. The van der Waals surface area contributed by atoms with Gasteiger partial charge in [-0.3, -0.25) is 0 Å². The molecule has 1 saturated carbocycles. The van der Waals surface area contributed by atoms with Gasteiger partial charge < -0.3 is 4.74 Å². The van der Waals surface area contributed by atoms with E-state index >= 15 is 0 Å². The van der Waals surface area contributed by atoms with Gasteiger partial charge in [-0.2, -0.15) is 10.5 Å². The van der Waals surface area contributed by atoms with E-state index in [2.05, 4.69) is 20.7 Å². The van der Waals surface area contributed by atoms with Crippen LogP contribution in [0, 0.1) is 28.1 Å². The van der Waals surface area contributed by atoms with Gasteiger partial charge in [-0.1, -0.05) is 0 Å². The molecule has 1 aliphatic carbocycles. The lowest BCUT2D eigenvalue weighted by molar-refractivity contribution is -0.142. The van der Waals surface area contributed by atoms with Crippen molar-refractivity contribution in [1.29, 1.82) is 10.5 Å². The van der Waals surface area contributed by atoms with Crippen LogP contribution in [0.5, 0.6) is 0 Å². The van der Waals surface area contributed by atoms with E-state index in [1.165, 1.54) is 0 Å². The summed E-state index contributed by atoms with van der Waals surface area (Å²) in [4.78, 5) is 11.2. The van der Waals surface area contributed by atoms with Crippen LogP contribution in [-0.2, 0) is 9.53 Å². The van der Waals surface area contributed by atoms with Crippen molar-refractivity contribution in [2.75, 3.05) is 0 Å². The first-order valence-corrected chi connectivity index (χ1v) is 4.32. The number of nitrogens with zero attached hydrogens (tertiary/aromatic N) is 2. The zero-order valence-corrected chi connectivity index (χ0v) is 8.17. The molecule has 0 aromatic heterocycles. The van der Waals surface area contributed by atoms with Gasteiger partial charge in [-0.05, 0) is 28.8 Å². The molecule has 0 unspecified atom stereocenters. The van der Waals surface area contributed by atoms with Gasteiger partial charge in [-0.25, -0.2) is 4.79 Å². The molecular formula is C8H5BrN2O2. The Bertz CT molecular complexity index is 344. The van der Waals surface area contributed by atoms with Gasteiger partial charge in [0.2, 0.25) is 0 Å². The molecule has 13 heavy (non-hydrogen) atoms. The molecule has 0 atom stereocenters. The minimum atomic E-state index is -0.945. The van der Waals surface area contributed by atoms with Crippen LogP contribution >= 0.6 is 15.9 Å². The summed E-state index contributed by atoms with van der Waals surface area (Å²) in [6.45, 7) is 0. The van der Waals surface area contributed by atoms with Crippen LogP contribution in [0.4, 0.5) is 0 Å². The Morgan fingerprint density at radius 2 is 2.15 bits per heavy atom. The number of rotatable bonds is 2. The summed E-state index contributed by atoms with van der Waals surface area (Å²) >= 11 is 2.85. The van der Waals surface area contributed by atoms with Gasteiger partial charge in [0.1, 0.15) is 16.8 Å². The van der Waals surface area contributed by atoms with E-state index in [0.29, 0.717) is 12.8 Å². The van der Waals surface area contributed by atoms with Gasteiger partial charge >= 0.3 is 5.97 Å². The average Bonchev–Trinajstić information content (AvgIpc) is 2.94. The summed E-state index contributed by atoms with van der Waals surface area (Å²) < 4.78 is 4.74. The van der Waals surface area contributed by atoms with Crippen LogP contribution < -0.4 is 0 Å². The van der Waals surface area contributed by atoms with E-state index in [-0.39, 0.29) is 4.48 Å². The minimum absolute atomic E-state index is 0.120. The number of esters is 1. The van der Waals surface area contributed by atoms with Gasteiger partial charge in [0.15, 0.2) is 5.41 Å². The number of ether oxygens (including phenoxy) is 1. The second-order valence-electron chi connectivity index (χ2n) is 2.68. The van der Waals surface area contributed by atoms with Crippen molar-refractivity contribution in [3.05, 3.63) is 10.7 Å². The van der Waals surface area contributed by atoms with Crippen LogP contribution in [-0.4, -0.2) is 5.97 Å². The predicted molar refractivity (Wildman–Crippen MR) is 46.0 cm³/mol. The fourth-order valence-electron chi connectivity index (χ4n) is 0.731. The number of nitriles is 2. The predicted octanol–water partition coefficient (Wildman–Crippen LogP) is 1.59. The van der Waals surface area contributed by atoms with E-state index in [4.69, 9.17) is 10.5 Å². The minimum Gasteiger partial charge on any atom is -0.431 e. The summed E-state index contributed by atoms with van der Waals surface area (Å²) in [5, 5.41) is 16.9. The van der Waals surface area contributed by atoms with Gasteiger partial charge in [0.05, 0.1) is 6.07 Å². The third-order valence-electron chi connectivity index (χ3n) is 1.73. The van der Waals surface area contributed by atoms with Crippen molar-refractivity contribution in [3.63, 3.8) is 0 Å². The lowest BCUT2D eigenvalue weighted by atomic mass is 10.1. The molecule has 0 saturated heterocycles. The van der Waals surface area contributed by atoms with E-state index in [1.807, 2.05) is 6.07 Å². The number of allylic oxidation sites excluding steroid dienone is 1. The highest BCUT2D eigenvalue weighted by atomic mass is 79.9. The van der Waals surface area contributed by atoms with Crippen LogP contribution in [0.2, 0.25) is 0 Å². The lowest BCUT2D eigenvalue weighted by Gasteiger charge is -2.01. The van der Waals surface area contributed by atoms with E-state index in [9.17, 15) is 4.79 Å². The summed E-state index contributed by atoms with van der Waals surface area (Å²) in [6, 6.07) is 3.62. The topological polar surface area (TPSA) is 73.9 Å². The Balaban J connectivity index is 2.54. The van der Waals surface area contributed by atoms with Gasteiger partial charge in [0.25, 0.3) is 0 Å². The standard InChI is InChI=1S/C8H5BrN2O2/c9-6(3-10)4-13-7(12)8(5-11)1-2-8/h4H,1-2H2/b6-4-. The molecule has 0 aromatic carbocycles. The molecule has 0 bridgehead atoms. The molecule has 0 aliphatic heterocycles. The largest absolute Gasteiger partial charge is 0.431 e. The maximum Gasteiger partial charge on any atom is 0.331 e. The number of halogens is 1. The quantitative estimate of drug-likeness (QED) is 0.418. The highest BCUT2D eigenvalue weighted by molar-refractivity contribution is 9.12. The van der Waals surface area contributed by atoms with Crippen LogP contribution in [0.1, 0.15) is 12.8 Å². The fourth-order valence-corrected chi connectivity index (χ4v) is 0.824. The highest BCUT2D eigenvalue weighted by Crippen LogP contribution is 2.46. The maximum absolute atomic E-state index is 11.2. The summed E-state index contributed by atoms with van der Waals surface area (Å²) in [6.07, 6.45) is 2.08. The van der Waals surface area contributed by atoms with E-state index in [1.54, 1.807) is 6.07 Å². The molecule has 0 spiro atoms. The van der Waals surface area contributed by atoms with Gasteiger partial charge in [0, 0.05) is 0 Å². The normalized spacial score (nSPS) is 18.2. The lowest BCUT2D eigenvalue weighted by Crippen LogP contribution is -2.14. The molecule has 1 aliphatic rings. The van der Waals surface area contributed by atoms with Crippen LogP contribution in [0.15, 0.2) is 10.7 Å². The van der Waals surface area contributed by atoms with Crippen molar-refractivity contribution < 1.29 is 9.53 Å². The SMILES string of the molecule is N#C/C(Br)=C/OC(=O)C1(C#N)CC1. The van der Waals surface area contributed by atoms with Crippen molar-refractivity contribution in [1.82, 2.24) is 0 Å². The highest BCUT2D eigenvalue weighted by Gasteiger charge is 2.52. The Hall–Kier alpha value is -1.33. The first-order chi connectivity index (χ1) is 6.14. The molecule has 1 fully saturated rings. The molecule has 4 nitrogen and oxygen atoms in total. The molecular weight excluding hydrogens is 236 g/mol. The third kappa shape index (κ3) is 2.07. The number of hydrogen-bond donors (Lipinski definition) is 0. The fraction of sp³-hybridized carbons (Fsp3) is 0.375. The Labute approximate surface area is 83.5 Å².